The first-order valence-corrected chi connectivity index (χ1v) is 6.28. The number of hydrazine groups is 1. The van der Waals surface area contributed by atoms with Crippen LogP contribution in [0.3, 0.4) is 0 Å². The molecule has 0 spiro atoms. The average Bonchev–Trinajstić information content (AvgIpc) is 2.73. The third-order valence-electron chi connectivity index (χ3n) is 3.08. The van der Waals surface area contributed by atoms with Gasteiger partial charge in [-0.25, -0.2) is 10.6 Å². The zero-order valence-corrected chi connectivity index (χ0v) is 10.9. The van der Waals surface area contributed by atoms with Crippen molar-refractivity contribution in [3.63, 3.8) is 0 Å². The molecule has 0 bridgehead atoms. The van der Waals surface area contributed by atoms with E-state index in [1.165, 1.54) is 0 Å². The highest BCUT2D eigenvalue weighted by atomic mass is 16.2. The van der Waals surface area contributed by atoms with Crippen LogP contribution in [0.25, 0.3) is 11.0 Å². The van der Waals surface area contributed by atoms with Gasteiger partial charge in [0.1, 0.15) is 0 Å². The number of unbranched alkanes of at least 4 members (excludes halogenated alkanes) is 1. The quantitative estimate of drug-likeness (QED) is 0.323. The number of nitrogens with one attached hydrogen (secondary N) is 2. The van der Waals surface area contributed by atoms with Crippen LogP contribution in [0.15, 0.2) is 23.0 Å². The summed E-state index contributed by atoms with van der Waals surface area (Å²) >= 11 is 0. The fourth-order valence-electron chi connectivity index (χ4n) is 2.02. The monoisotopic (exact) mass is 262 g/mol. The van der Waals surface area contributed by atoms with Crippen LogP contribution in [0, 0.1) is 0 Å². The Morgan fingerprint density at radius 2 is 2.00 bits per heavy atom. The fraction of sp³-hybridized carbons (Fsp3) is 0.385. The van der Waals surface area contributed by atoms with E-state index in [1.807, 2.05) is 18.2 Å². The number of fused-ring (bicyclic) bond motifs is 1. The third kappa shape index (κ3) is 3.45. The van der Waals surface area contributed by atoms with E-state index in [9.17, 15) is 9.59 Å². The maximum atomic E-state index is 11.3. The Morgan fingerprint density at radius 3 is 2.74 bits per heavy atom. The lowest BCUT2D eigenvalue weighted by Gasteiger charge is -2.09. The second-order valence-electron chi connectivity index (χ2n) is 4.67. The number of hydrogen-bond donors (Lipinski definition) is 3. The van der Waals surface area contributed by atoms with Crippen LogP contribution >= 0.6 is 0 Å². The van der Waals surface area contributed by atoms with Crippen LogP contribution in [0.5, 0.6) is 0 Å². The van der Waals surface area contributed by atoms with Crippen molar-refractivity contribution in [2.45, 2.75) is 25.7 Å². The molecule has 0 unspecified atom stereocenters. The maximum absolute atomic E-state index is 11.3. The van der Waals surface area contributed by atoms with E-state index in [-0.39, 0.29) is 11.6 Å². The summed E-state index contributed by atoms with van der Waals surface area (Å²) in [6.45, 7) is 0. The molecule has 6 nitrogen and oxygen atoms in total. The van der Waals surface area contributed by atoms with Crippen molar-refractivity contribution in [1.29, 1.82) is 0 Å². The summed E-state index contributed by atoms with van der Waals surface area (Å²) in [6.07, 6.45) is 3.07. The lowest BCUT2D eigenvalue weighted by molar-refractivity contribution is -0.130. The topological polar surface area (TPSA) is 95.0 Å². The highest BCUT2D eigenvalue weighted by molar-refractivity contribution is 5.75. The number of carbonyl (C=O) groups is 1. The molecular weight excluding hydrogens is 244 g/mol. The van der Waals surface area contributed by atoms with E-state index >= 15 is 0 Å². The Kier molecular flexibility index (Phi) is 4.01. The predicted molar refractivity (Wildman–Crippen MR) is 73.4 cm³/mol. The van der Waals surface area contributed by atoms with Gasteiger partial charge in [-0.05, 0) is 37.0 Å². The second-order valence-corrected chi connectivity index (χ2v) is 4.67. The Balaban J connectivity index is 1.88. The molecule has 6 heteroatoms. The van der Waals surface area contributed by atoms with Gasteiger partial charge in [-0.3, -0.25) is 9.80 Å². The molecule has 0 radical (unpaired) electrons. The van der Waals surface area contributed by atoms with Crippen LogP contribution < -0.4 is 11.5 Å². The molecule has 1 heterocycles. The molecule has 0 aliphatic rings. The van der Waals surface area contributed by atoms with Gasteiger partial charge in [0.2, 0.25) is 5.91 Å². The summed E-state index contributed by atoms with van der Waals surface area (Å²) in [7, 11) is 1.55. The zero-order chi connectivity index (χ0) is 13.8. The summed E-state index contributed by atoms with van der Waals surface area (Å²) < 4.78 is 0. The number of H-pyrrole nitrogens is 2. The molecule has 102 valence electrons. The van der Waals surface area contributed by atoms with Crippen LogP contribution in [0.1, 0.15) is 24.8 Å². The van der Waals surface area contributed by atoms with E-state index in [0.29, 0.717) is 6.42 Å². The molecule has 0 aliphatic carbocycles. The SMILES string of the molecule is CN(N)C(=O)CCCCc1ccc2[nH]c(=O)[nH]c2c1. The molecule has 1 aromatic heterocycles. The predicted octanol–water partition coefficient (Wildman–Crippen LogP) is 0.901. The number of nitrogens with two attached hydrogens (primary N) is 1. The van der Waals surface area contributed by atoms with Crippen molar-refractivity contribution in [2.24, 2.45) is 5.84 Å². The fourth-order valence-corrected chi connectivity index (χ4v) is 2.02. The van der Waals surface area contributed by atoms with Gasteiger partial charge in [0.05, 0.1) is 11.0 Å². The average molecular weight is 262 g/mol. The highest BCUT2D eigenvalue weighted by Gasteiger charge is 2.04. The van der Waals surface area contributed by atoms with Crippen molar-refractivity contribution in [1.82, 2.24) is 15.0 Å². The maximum Gasteiger partial charge on any atom is 0.323 e. The van der Waals surface area contributed by atoms with Gasteiger partial charge in [-0.2, -0.15) is 0 Å². The molecule has 2 aromatic rings. The number of imidazole rings is 1. The van der Waals surface area contributed by atoms with Gasteiger partial charge >= 0.3 is 5.69 Å². The highest BCUT2D eigenvalue weighted by Crippen LogP contribution is 2.13. The zero-order valence-electron chi connectivity index (χ0n) is 10.9. The summed E-state index contributed by atoms with van der Waals surface area (Å²) in [5, 5.41) is 1.12. The Hall–Kier alpha value is -2.08. The first-order chi connectivity index (χ1) is 9.06. The van der Waals surface area contributed by atoms with Gasteiger partial charge in [-0.15, -0.1) is 0 Å². The number of aromatic amines is 2. The molecule has 0 atom stereocenters. The number of hydrogen-bond acceptors (Lipinski definition) is 3. The Bertz CT molecular complexity index is 627. The van der Waals surface area contributed by atoms with Gasteiger partial charge in [0.25, 0.3) is 0 Å². The van der Waals surface area contributed by atoms with Crippen molar-refractivity contribution < 1.29 is 4.79 Å². The first-order valence-electron chi connectivity index (χ1n) is 6.28. The molecule has 0 saturated carbocycles. The number of aromatic nitrogens is 2. The van der Waals surface area contributed by atoms with Crippen molar-refractivity contribution in [3.8, 4) is 0 Å². The normalized spacial score (nSPS) is 10.8. The number of carbonyl (C=O) groups excluding carboxylic acids is 1. The van der Waals surface area contributed by atoms with E-state index in [1.54, 1.807) is 7.05 Å². The van der Waals surface area contributed by atoms with Crippen molar-refractivity contribution >= 4 is 16.9 Å². The molecule has 2 rings (SSSR count). The van der Waals surface area contributed by atoms with E-state index in [4.69, 9.17) is 5.84 Å². The standard InChI is InChI=1S/C13H18N4O2/c1-17(14)12(18)5-3-2-4-9-6-7-10-11(8-9)16-13(19)15-10/h6-8H,2-5,14H2,1H3,(H2,15,16,19). The van der Waals surface area contributed by atoms with Crippen LogP contribution in [-0.4, -0.2) is 27.9 Å². The van der Waals surface area contributed by atoms with Crippen molar-refractivity contribution in [2.75, 3.05) is 7.05 Å². The number of nitrogens with zero attached hydrogens (tertiary/aromatic N) is 1. The number of rotatable bonds is 5. The smallest absolute Gasteiger partial charge is 0.306 e. The molecule has 4 N–H and O–H groups in total. The molecular formula is C13H18N4O2. The number of aryl methyl sites for hydroxylation is 1. The molecule has 1 aromatic carbocycles. The van der Waals surface area contributed by atoms with Crippen LogP contribution in [0.4, 0.5) is 0 Å². The summed E-state index contributed by atoms with van der Waals surface area (Å²) in [5.74, 6) is 5.29. The molecule has 0 fully saturated rings. The summed E-state index contributed by atoms with van der Waals surface area (Å²) in [6, 6.07) is 5.84. The summed E-state index contributed by atoms with van der Waals surface area (Å²) in [5.41, 5.74) is 2.59. The minimum absolute atomic E-state index is 0.0505. The molecule has 0 saturated heterocycles. The van der Waals surface area contributed by atoms with E-state index < -0.39 is 0 Å². The van der Waals surface area contributed by atoms with Gasteiger partial charge < -0.3 is 9.97 Å². The number of amides is 1. The number of benzene rings is 1. The van der Waals surface area contributed by atoms with Gasteiger partial charge in [-0.1, -0.05) is 6.07 Å². The minimum atomic E-state index is -0.191. The third-order valence-corrected chi connectivity index (χ3v) is 3.08. The molecule has 19 heavy (non-hydrogen) atoms. The molecule has 1 amide bonds. The lowest BCUT2D eigenvalue weighted by atomic mass is 10.1. The lowest BCUT2D eigenvalue weighted by Crippen LogP contribution is -2.32. The van der Waals surface area contributed by atoms with Crippen molar-refractivity contribution in [3.05, 3.63) is 34.2 Å². The van der Waals surface area contributed by atoms with Gasteiger partial charge in [0, 0.05) is 13.5 Å². The Morgan fingerprint density at radius 1 is 1.26 bits per heavy atom. The van der Waals surface area contributed by atoms with E-state index in [2.05, 4.69) is 9.97 Å². The van der Waals surface area contributed by atoms with E-state index in [0.717, 1.165) is 40.9 Å². The van der Waals surface area contributed by atoms with Crippen LogP contribution in [0.2, 0.25) is 0 Å². The van der Waals surface area contributed by atoms with Gasteiger partial charge in [0.15, 0.2) is 0 Å². The van der Waals surface area contributed by atoms with Crippen LogP contribution in [-0.2, 0) is 11.2 Å². The Labute approximate surface area is 110 Å². The second kappa shape index (κ2) is 5.71. The largest absolute Gasteiger partial charge is 0.323 e. The minimum Gasteiger partial charge on any atom is -0.306 e. The first kappa shape index (κ1) is 13.4. The summed E-state index contributed by atoms with van der Waals surface area (Å²) in [4.78, 5) is 27.9. The molecule has 0 aliphatic heterocycles.